The summed E-state index contributed by atoms with van der Waals surface area (Å²) in [6.45, 7) is 3.55. The van der Waals surface area contributed by atoms with Crippen LogP contribution in [0.4, 0.5) is 5.69 Å². The standard InChI is InChI=1S/C22H21N5OS3/c1-15-24-19(12-30-15)16-4-5-20-17(11-16)6-9-27(20)21(28)13-31-22-25-23-14-26(22)8-7-18-3-2-10-29-18/h2-5,10-12,14H,6-9,13H2,1H3. The summed E-state index contributed by atoms with van der Waals surface area (Å²) in [6, 6.07) is 10.5. The lowest BCUT2D eigenvalue weighted by Gasteiger charge is -2.17. The van der Waals surface area contributed by atoms with Gasteiger partial charge in [-0.3, -0.25) is 4.79 Å². The highest BCUT2D eigenvalue weighted by Gasteiger charge is 2.25. The maximum Gasteiger partial charge on any atom is 0.237 e. The molecule has 0 saturated carbocycles. The minimum atomic E-state index is 0.105. The van der Waals surface area contributed by atoms with Crippen LogP contribution in [-0.2, 0) is 24.2 Å². The van der Waals surface area contributed by atoms with E-state index in [0.29, 0.717) is 5.75 Å². The molecule has 1 aliphatic heterocycles. The Kier molecular flexibility index (Phi) is 5.89. The third-order valence-electron chi connectivity index (χ3n) is 5.27. The molecule has 5 rings (SSSR count). The molecule has 0 bridgehead atoms. The van der Waals surface area contributed by atoms with Gasteiger partial charge in [0.15, 0.2) is 5.16 Å². The van der Waals surface area contributed by atoms with Crippen LogP contribution < -0.4 is 4.90 Å². The Morgan fingerprint density at radius 1 is 1.26 bits per heavy atom. The van der Waals surface area contributed by atoms with Crippen LogP contribution >= 0.6 is 34.4 Å². The number of nitrogens with zero attached hydrogens (tertiary/aromatic N) is 5. The summed E-state index contributed by atoms with van der Waals surface area (Å²) >= 11 is 4.87. The molecule has 31 heavy (non-hydrogen) atoms. The van der Waals surface area contributed by atoms with Gasteiger partial charge in [0.2, 0.25) is 5.91 Å². The monoisotopic (exact) mass is 467 g/mol. The first-order chi connectivity index (χ1) is 15.2. The number of carbonyl (C=O) groups excluding carboxylic acids is 1. The number of hydrogen-bond donors (Lipinski definition) is 0. The Bertz CT molecular complexity index is 1200. The van der Waals surface area contributed by atoms with Crippen molar-refractivity contribution in [1.29, 1.82) is 0 Å². The summed E-state index contributed by atoms with van der Waals surface area (Å²) in [7, 11) is 0. The van der Waals surface area contributed by atoms with Crippen molar-refractivity contribution in [3.8, 4) is 11.3 Å². The van der Waals surface area contributed by atoms with Gasteiger partial charge >= 0.3 is 0 Å². The predicted octanol–water partition coefficient (Wildman–Crippen LogP) is 4.70. The van der Waals surface area contributed by atoms with Crippen molar-refractivity contribution in [2.75, 3.05) is 17.2 Å². The van der Waals surface area contributed by atoms with E-state index in [1.807, 2.05) is 16.4 Å². The Morgan fingerprint density at radius 3 is 3.00 bits per heavy atom. The topological polar surface area (TPSA) is 63.9 Å². The van der Waals surface area contributed by atoms with Crippen LogP contribution in [-0.4, -0.2) is 38.0 Å². The molecule has 0 fully saturated rings. The second-order valence-corrected chi connectivity index (χ2v) is 10.4. The first-order valence-electron chi connectivity index (χ1n) is 10.1. The van der Waals surface area contributed by atoms with E-state index in [1.165, 1.54) is 22.2 Å². The van der Waals surface area contributed by atoms with E-state index in [-0.39, 0.29) is 5.91 Å². The Hall–Kier alpha value is -2.49. The van der Waals surface area contributed by atoms with E-state index in [1.54, 1.807) is 29.0 Å². The molecule has 0 saturated heterocycles. The Balaban J connectivity index is 1.22. The van der Waals surface area contributed by atoms with E-state index < -0.39 is 0 Å². The van der Waals surface area contributed by atoms with Gasteiger partial charge in [-0.25, -0.2) is 4.98 Å². The van der Waals surface area contributed by atoms with E-state index in [4.69, 9.17) is 0 Å². The fraction of sp³-hybridized carbons (Fsp3) is 0.273. The van der Waals surface area contributed by atoms with Crippen LogP contribution in [0.1, 0.15) is 15.4 Å². The van der Waals surface area contributed by atoms with Crippen molar-refractivity contribution in [3.05, 3.63) is 62.9 Å². The molecule has 9 heteroatoms. The number of fused-ring (bicyclic) bond motifs is 1. The van der Waals surface area contributed by atoms with E-state index in [2.05, 4.69) is 56.3 Å². The zero-order chi connectivity index (χ0) is 21.2. The quantitative estimate of drug-likeness (QED) is 0.369. The van der Waals surface area contributed by atoms with E-state index in [0.717, 1.165) is 53.0 Å². The number of thioether (sulfide) groups is 1. The zero-order valence-electron chi connectivity index (χ0n) is 17.0. The van der Waals surface area contributed by atoms with Crippen LogP contribution in [0.2, 0.25) is 0 Å². The van der Waals surface area contributed by atoms with Gasteiger partial charge in [-0.15, -0.1) is 32.9 Å². The molecule has 1 amide bonds. The largest absolute Gasteiger partial charge is 0.311 e. The smallest absolute Gasteiger partial charge is 0.237 e. The van der Waals surface area contributed by atoms with Crippen LogP contribution in [0.5, 0.6) is 0 Å². The molecule has 4 heterocycles. The van der Waals surface area contributed by atoms with Crippen molar-refractivity contribution >= 4 is 46.0 Å². The minimum absolute atomic E-state index is 0.105. The van der Waals surface area contributed by atoms with E-state index >= 15 is 0 Å². The minimum Gasteiger partial charge on any atom is -0.311 e. The molecule has 0 aliphatic carbocycles. The third kappa shape index (κ3) is 4.44. The predicted molar refractivity (Wildman–Crippen MR) is 127 cm³/mol. The number of amides is 1. The first-order valence-corrected chi connectivity index (χ1v) is 12.8. The lowest BCUT2D eigenvalue weighted by Crippen LogP contribution is -2.30. The van der Waals surface area contributed by atoms with Crippen molar-refractivity contribution in [3.63, 3.8) is 0 Å². The third-order valence-corrected chi connectivity index (χ3v) is 7.95. The molecule has 0 unspecified atom stereocenters. The SMILES string of the molecule is Cc1nc(-c2ccc3c(c2)CCN3C(=O)CSc2nncn2CCc2cccs2)cs1. The van der Waals surface area contributed by atoms with Gasteiger partial charge in [-0.2, -0.15) is 0 Å². The number of hydrogen-bond acceptors (Lipinski definition) is 7. The molecule has 1 aliphatic rings. The maximum absolute atomic E-state index is 13.0. The number of thiophene rings is 1. The number of anilines is 1. The number of aryl methyl sites for hydroxylation is 3. The number of rotatable bonds is 7. The summed E-state index contributed by atoms with van der Waals surface area (Å²) in [4.78, 5) is 20.8. The average molecular weight is 468 g/mol. The first kappa shape index (κ1) is 20.4. The van der Waals surface area contributed by atoms with Crippen LogP contribution in [0.15, 0.2) is 52.6 Å². The number of carbonyl (C=O) groups is 1. The van der Waals surface area contributed by atoms with Gasteiger partial charge in [-0.05, 0) is 48.9 Å². The van der Waals surface area contributed by atoms with Crippen LogP contribution in [0.3, 0.4) is 0 Å². The highest BCUT2D eigenvalue weighted by molar-refractivity contribution is 7.99. The maximum atomic E-state index is 13.0. The lowest BCUT2D eigenvalue weighted by atomic mass is 10.1. The summed E-state index contributed by atoms with van der Waals surface area (Å²) < 4.78 is 2.03. The number of aromatic nitrogens is 4. The summed E-state index contributed by atoms with van der Waals surface area (Å²) in [5, 5.41) is 14.3. The second-order valence-electron chi connectivity index (χ2n) is 7.32. The Morgan fingerprint density at radius 2 is 2.19 bits per heavy atom. The highest BCUT2D eigenvalue weighted by atomic mass is 32.2. The van der Waals surface area contributed by atoms with Gasteiger partial charge in [0.1, 0.15) is 6.33 Å². The molecule has 1 aromatic carbocycles. The van der Waals surface area contributed by atoms with Gasteiger partial charge < -0.3 is 9.47 Å². The molecule has 0 radical (unpaired) electrons. The number of thiazole rings is 1. The Labute approximate surface area is 193 Å². The van der Waals surface area contributed by atoms with Crippen LogP contribution in [0.25, 0.3) is 11.3 Å². The number of benzene rings is 1. The van der Waals surface area contributed by atoms with Gasteiger partial charge in [0, 0.05) is 34.6 Å². The molecule has 0 N–H and O–H groups in total. The molecular weight excluding hydrogens is 446 g/mol. The molecular formula is C22H21N5OS3. The summed E-state index contributed by atoms with van der Waals surface area (Å²) in [6.07, 6.45) is 3.56. The zero-order valence-corrected chi connectivity index (χ0v) is 19.5. The van der Waals surface area contributed by atoms with Crippen molar-refractivity contribution in [1.82, 2.24) is 19.7 Å². The summed E-state index contributed by atoms with van der Waals surface area (Å²) in [5.74, 6) is 0.457. The van der Waals surface area contributed by atoms with Crippen LogP contribution in [0, 0.1) is 6.92 Å². The fourth-order valence-electron chi connectivity index (χ4n) is 3.72. The molecule has 3 aromatic heterocycles. The van der Waals surface area contributed by atoms with Gasteiger partial charge in [0.25, 0.3) is 0 Å². The van der Waals surface area contributed by atoms with Gasteiger partial charge in [0.05, 0.1) is 16.5 Å². The van der Waals surface area contributed by atoms with Crippen molar-refractivity contribution in [2.24, 2.45) is 0 Å². The van der Waals surface area contributed by atoms with Crippen molar-refractivity contribution < 1.29 is 4.79 Å². The average Bonchev–Trinajstić information content (AvgIpc) is 3.57. The molecule has 158 valence electrons. The summed E-state index contributed by atoms with van der Waals surface area (Å²) in [5.41, 5.74) is 4.35. The fourth-order valence-corrected chi connectivity index (χ4v) is 5.85. The highest BCUT2D eigenvalue weighted by Crippen LogP contribution is 2.33. The van der Waals surface area contributed by atoms with Crippen molar-refractivity contribution in [2.45, 2.75) is 31.5 Å². The lowest BCUT2D eigenvalue weighted by molar-refractivity contribution is -0.116. The normalized spacial score (nSPS) is 13.0. The van der Waals surface area contributed by atoms with Gasteiger partial charge in [-0.1, -0.05) is 23.9 Å². The molecule has 0 atom stereocenters. The van der Waals surface area contributed by atoms with E-state index in [9.17, 15) is 4.79 Å². The molecule has 0 spiro atoms. The second kappa shape index (κ2) is 8.94. The molecule has 6 nitrogen and oxygen atoms in total. The molecule has 4 aromatic rings.